The molecule has 0 aliphatic carbocycles. The first kappa shape index (κ1) is 16.0. The van der Waals surface area contributed by atoms with Gasteiger partial charge in [0.2, 0.25) is 5.91 Å². The van der Waals surface area contributed by atoms with Crippen LogP contribution < -0.4 is 10.6 Å². The number of aryl methyl sites for hydroxylation is 1. The fraction of sp³-hybridized carbons (Fsp3) is 0.529. The number of fused-ring (bicyclic) bond motifs is 1. The van der Waals surface area contributed by atoms with Gasteiger partial charge in [-0.15, -0.1) is 0 Å². The monoisotopic (exact) mass is 316 g/mol. The number of aromatic nitrogens is 2. The first-order valence-corrected chi connectivity index (χ1v) is 8.25. The van der Waals surface area contributed by atoms with Crippen LogP contribution in [0.1, 0.15) is 18.7 Å². The third-order valence-electron chi connectivity index (χ3n) is 4.24. The number of piperidine rings is 1. The van der Waals surface area contributed by atoms with Crippen molar-refractivity contribution < 1.29 is 9.53 Å². The second-order valence-corrected chi connectivity index (χ2v) is 5.91. The molecule has 1 aromatic heterocycles. The van der Waals surface area contributed by atoms with Crippen molar-refractivity contribution in [1.82, 2.24) is 20.2 Å². The molecule has 1 aliphatic heterocycles. The number of ether oxygens (including phenoxy) is 1. The standard InChI is InChI=1S/C17H24N4O2/c1-13-20-15-4-2-3-5-16(15)21(13)11-10-19-17(22)12-23-14-6-8-18-9-7-14/h2-5,14,18H,6-12H2,1H3,(H,19,22). The Hall–Kier alpha value is -1.92. The predicted molar refractivity (Wildman–Crippen MR) is 89.3 cm³/mol. The number of amides is 1. The first-order chi connectivity index (χ1) is 11.2. The van der Waals surface area contributed by atoms with Crippen LogP contribution in [0.25, 0.3) is 11.0 Å². The number of nitrogens with zero attached hydrogens (tertiary/aromatic N) is 2. The van der Waals surface area contributed by atoms with Gasteiger partial charge in [-0.1, -0.05) is 12.1 Å². The van der Waals surface area contributed by atoms with Crippen LogP contribution in [0.2, 0.25) is 0 Å². The number of hydrogen-bond donors (Lipinski definition) is 2. The second-order valence-electron chi connectivity index (χ2n) is 5.91. The number of imidazole rings is 1. The smallest absolute Gasteiger partial charge is 0.246 e. The average Bonchev–Trinajstić information content (AvgIpc) is 2.90. The zero-order valence-corrected chi connectivity index (χ0v) is 13.5. The van der Waals surface area contributed by atoms with Gasteiger partial charge in [-0.05, 0) is 45.0 Å². The summed E-state index contributed by atoms with van der Waals surface area (Å²) >= 11 is 0. The number of benzene rings is 1. The Morgan fingerprint density at radius 1 is 1.39 bits per heavy atom. The molecule has 3 rings (SSSR count). The number of para-hydroxylation sites is 2. The Kier molecular flexibility index (Phi) is 5.25. The molecule has 2 aromatic rings. The second kappa shape index (κ2) is 7.57. The summed E-state index contributed by atoms with van der Waals surface area (Å²) in [6, 6.07) is 8.05. The van der Waals surface area contributed by atoms with Crippen molar-refractivity contribution in [2.75, 3.05) is 26.2 Å². The van der Waals surface area contributed by atoms with Crippen LogP contribution in [0, 0.1) is 6.92 Å². The lowest BCUT2D eigenvalue weighted by atomic mass is 10.1. The fourth-order valence-corrected chi connectivity index (χ4v) is 2.99. The van der Waals surface area contributed by atoms with E-state index in [4.69, 9.17) is 4.74 Å². The molecule has 0 saturated carbocycles. The van der Waals surface area contributed by atoms with Crippen LogP contribution >= 0.6 is 0 Å². The minimum Gasteiger partial charge on any atom is -0.368 e. The molecule has 1 aliphatic rings. The Morgan fingerprint density at radius 3 is 3.00 bits per heavy atom. The van der Waals surface area contributed by atoms with E-state index in [0.717, 1.165) is 42.8 Å². The molecule has 1 amide bonds. The summed E-state index contributed by atoms with van der Waals surface area (Å²) in [7, 11) is 0. The average molecular weight is 316 g/mol. The molecule has 0 spiro atoms. The number of hydrogen-bond acceptors (Lipinski definition) is 4. The maximum Gasteiger partial charge on any atom is 0.246 e. The van der Waals surface area contributed by atoms with Gasteiger partial charge >= 0.3 is 0 Å². The quantitative estimate of drug-likeness (QED) is 0.841. The van der Waals surface area contributed by atoms with Gasteiger partial charge in [-0.25, -0.2) is 4.98 Å². The number of carbonyl (C=O) groups excluding carboxylic acids is 1. The lowest BCUT2D eigenvalue weighted by Gasteiger charge is -2.22. The van der Waals surface area contributed by atoms with Gasteiger partial charge in [-0.2, -0.15) is 0 Å². The zero-order valence-electron chi connectivity index (χ0n) is 13.5. The fourth-order valence-electron chi connectivity index (χ4n) is 2.99. The van der Waals surface area contributed by atoms with Crippen LogP contribution in [0.15, 0.2) is 24.3 Å². The third kappa shape index (κ3) is 4.09. The van der Waals surface area contributed by atoms with Gasteiger partial charge in [0.05, 0.1) is 17.1 Å². The van der Waals surface area contributed by atoms with E-state index in [-0.39, 0.29) is 18.6 Å². The number of nitrogens with one attached hydrogen (secondary N) is 2. The van der Waals surface area contributed by atoms with Crippen molar-refractivity contribution >= 4 is 16.9 Å². The Balaban J connectivity index is 1.45. The van der Waals surface area contributed by atoms with Gasteiger partial charge in [0, 0.05) is 13.1 Å². The highest BCUT2D eigenvalue weighted by molar-refractivity contribution is 5.77. The molecule has 0 unspecified atom stereocenters. The predicted octanol–water partition coefficient (Wildman–Crippen LogP) is 1.23. The topological polar surface area (TPSA) is 68.2 Å². The molecule has 6 heteroatoms. The van der Waals surface area contributed by atoms with Crippen molar-refractivity contribution in [3.8, 4) is 0 Å². The van der Waals surface area contributed by atoms with Crippen molar-refractivity contribution in [2.45, 2.75) is 32.4 Å². The summed E-state index contributed by atoms with van der Waals surface area (Å²) in [4.78, 5) is 16.4. The van der Waals surface area contributed by atoms with Gasteiger partial charge in [-0.3, -0.25) is 4.79 Å². The molecule has 0 bridgehead atoms. The molecule has 2 N–H and O–H groups in total. The van der Waals surface area contributed by atoms with Gasteiger partial charge in [0.1, 0.15) is 12.4 Å². The molecule has 124 valence electrons. The molecular formula is C17H24N4O2. The van der Waals surface area contributed by atoms with Crippen LogP contribution in [0.3, 0.4) is 0 Å². The van der Waals surface area contributed by atoms with Gasteiger partial charge < -0.3 is 19.9 Å². The molecule has 0 atom stereocenters. The highest BCUT2D eigenvalue weighted by atomic mass is 16.5. The zero-order chi connectivity index (χ0) is 16.1. The lowest BCUT2D eigenvalue weighted by molar-refractivity contribution is -0.128. The molecule has 1 aromatic carbocycles. The molecule has 23 heavy (non-hydrogen) atoms. The van der Waals surface area contributed by atoms with E-state index in [2.05, 4.69) is 26.3 Å². The minimum absolute atomic E-state index is 0.0504. The van der Waals surface area contributed by atoms with Crippen molar-refractivity contribution in [1.29, 1.82) is 0 Å². The Morgan fingerprint density at radius 2 is 2.17 bits per heavy atom. The van der Waals surface area contributed by atoms with Crippen molar-refractivity contribution in [2.24, 2.45) is 0 Å². The van der Waals surface area contributed by atoms with Crippen molar-refractivity contribution in [3.05, 3.63) is 30.1 Å². The largest absolute Gasteiger partial charge is 0.368 e. The summed E-state index contributed by atoms with van der Waals surface area (Å²) in [5.41, 5.74) is 2.09. The maximum absolute atomic E-state index is 11.9. The summed E-state index contributed by atoms with van der Waals surface area (Å²) in [5, 5.41) is 6.21. The summed E-state index contributed by atoms with van der Waals surface area (Å²) in [6.45, 7) is 5.37. The van der Waals surface area contributed by atoms with Crippen LogP contribution in [-0.2, 0) is 16.1 Å². The first-order valence-electron chi connectivity index (χ1n) is 8.25. The summed E-state index contributed by atoms with van der Waals surface area (Å²) < 4.78 is 7.78. The third-order valence-corrected chi connectivity index (χ3v) is 4.24. The van der Waals surface area contributed by atoms with Gasteiger partial charge in [0.25, 0.3) is 0 Å². The van der Waals surface area contributed by atoms with E-state index in [1.54, 1.807) is 0 Å². The summed E-state index contributed by atoms with van der Waals surface area (Å²) in [5.74, 6) is 0.914. The lowest BCUT2D eigenvalue weighted by Crippen LogP contribution is -2.36. The normalized spacial score (nSPS) is 15.9. The van der Waals surface area contributed by atoms with Crippen molar-refractivity contribution in [3.63, 3.8) is 0 Å². The summed E-state index contributed by atoms with van der Waals surface area (Å²) in [6.07, 6.45) is 2.17. The van der Waals surface area contributed by atoms with E-state index in [9.17, 15) is 4.79 Å². The van der Waals surface area contributed by atoms with Gasteiger partial charge in [0.15, 0.2) is 0 Å². The van der Waals surface area contributed by atoms with E-state index >= 15 is 0 Å². The Bertz CT molecular complexity index is 662. The highest BCUT2D eigenvalue weighted by Gasteiger charge is 2.14. The molecular weight excluding hydrogens is 292 g/mol. The molecule has 1 fully saturated rings. The van der Waals surface area contributed by atoms with E-state index in [0.29, 0.717) is 13.1 Å². The van der Waals surface area contributed by atoms with Crippen LogP contribution in [0.5, 0.6) is 0 Å². The van der Waals surface area contributed by atoms with E-state index in [1.807, 2.05) is 25.1 Å². The highest BCUT2D eigenvalue weighted by Crippen LogP contribution is 2.14. The van der Waals surface area contributed by atoms with Crippen LogP contribution in [0.4, 0.5) is 0 Å². The number of carbonyl (C=O) groups is 1. The molecule has 1 saturated heterocycles. The molecule has 2 heterocycles. The number of rotatable bonds is 6. The minimum atomic E-state index is -0.0504. The Labute approximate surface area is 136 Å². The molecule has 0 radical (unpaired) electrons. The van der Waals surface area contributed by atoms with Crippen LogP contribution in [-0.4, -0.2) is 47.8 Å². The molecule has 6 nitrogen and oxygen atoms in total. The van der Waals surface area contributed by atoms with E-state index in [1.165, 1.54) is 0 Å². The SMILES string of the molecule is Cc1nc2ccccc2n1CCNC(=O)COC1CCNCC1. The maximum atomic E-state index is 11.9. The van der Waals surface area contributed by atoms with E-state index < -0.39 is 0 Å².